The molecule has 2 rings (SSSR count). The minimum absolute atomic E-state index is 0.118. The number of nitrogens with zero attached hydrogens (tertiary/aromatic N) is 1. The van der Waals surface area contributed by atoms with Gasteiger partial charge in [-0.05, 0) is 72.7 Å². The zero-order chi connectivity index (χ0) is 35.1. The van der Waals surface area contributed by atoms with Crippen LogP contribution in [0.3, 0.4) is 0 Å². The van der Waals surface area contributed by atoms with Gasteiger partial charge >= 0.3 is 12.4 Å². The number of halogens is 7. The summed E-state index contributed by atoms with van der Waals surface area (Å²) in [5, 5.41) is -1.04. The lowest BCUT2D eigenvalue weighted by Gasteiger charge is -2.16. The SMILES string of the molecule is CCCS(=O)(=O)c1cc(CC)c(C(=O)Cl)cc1C(F)(F)F.CCCS(=O)(=O)c1cc(CC)c(C(=O)N=C(N)N)cc1C(F)(F)F. The average molecular weight is 708 g/mol. The molecule has 2 aromatic rings. The van der Waals surface area contributed by atoms with Crippen molar-refractivity contribution in [3.05, 3.63) is 57.6 Å². The number of alkyl halides is 6. The summed E-state index contributed by atoms with van der Waals surface area (Å²) in [6, 6.07) is 2.81. The Morgan fingerprint density at radius 2 is 1.07 bits per heavy atom. The van der Waals surface area contributed by atoms with E-state index >= 15 is 0 Å². The standard InChI is InChI=1S/C14H18F3N3O3S.C13H14ClF3O3S/c1-3-5-24(22,23)11-6-8(4-2)9(12(21)20-13(18)19)7-10(11)14(15,16)17;1-3-5-21(19,20)11-6-8(4-2)9(12(14)18)7-10(11)13(15,16)17/h6-7H,3-5H2,1-2H3,(H4,18,19,20,21);6-7H,3-5H2,1-2H3. The number of hydrogen-bond donors (Lipinski definition) is 2. The summed E-state index contributed by atoms with van der Waals surface area (Å²) >= 11 is 5.28. The molecule has 0 aliphatic rings. The van der Waals surface area contributed by atoms with Gasteiger partial charge in [-0.3, -0.25) is 9.59 Å². The van der Waals surface area contributed by atoms with E-state index in [0.29, 0.717) is 12.1 Å². The van der Waals surface area contributed by atoms with Gasteiger partial charge in [0.2, 0.25) is 0 Å². The first kappa shape index (κ1) is 39.8. The third kappa shape index (κ3) is 10.4. The Hall–Kier alpha value is -3.18. The Morgan fingerprint density at radius 3 is 1.36 bits per heavy atom. The number of amides is 1. The van der Waals surface area contributed by atoms with Crippen molar-refractivity contribution in [1.82, 2.24) is 0 Å². The van der Waals surface area contributed by atoms with E-state index in [1.165, 1.54) is 0 Å². The molecule has 252 valence electrons. The maximum atomic E-state index is 13.3. The van der Waals surface area contributed by atoms with Gasteiger partial charge in [0, 0.05) is 11.1 Å². The summed E-state index contributed by atoms with van der Waals surface area (Å²) in [7, 11) is -8.21. The minimum Gasteiger partial charge on any atom is -0.370 e. The van der Waals surface area contributed by atoms with Crippen LogP contribution in [-0.4, -0.2) is 45.5 Å². The molecule has 4 N–H and O–H groups in total. The Bertz CT molecular complexity index is 1670. The summed E-state index contributed by atoms with van der Waals surface area (Å²) in [6.45, 7) is 6.28. The van der Waals surface area contributed by atoms with Crippen LogP contribution in [0.15, 0.2) is 39.0 Å². The predicted octanol–water partition coefficient (Wildman–Crippen LogP) is 5.70. The highest BCUT2D eigenvalue weighted by Gasteiger charge is 2.39. The van der Waals surface area contributed by atoms with Crippen molar-refractivity contribution < 1.29 is 52.8 Å². The van der Waals surface area contributed by atoms with Crippen molar-refractivity contribution in [3.63, 3.8) is 0 Å². The average Bonchev–Trinajstić information content (AvgIpc) is 2.90. The van der Waals surface area contributed by atoms with Gasteiger partial charge in [0.25, 0.3) is 11.1 Å². The van der Waals surface area contributed by atoms with Crippen molar-refractivity contribution in [3.8, 4) is 0 Å². The monoisotopic (exact) mass is 707 g/mol. The van der Waals surface area contributed by atoms with Crippen LogP contribution in [0.4, 0.5) is 26.3 Å². The number of rotatable bonds is 10. The molecule has 0 aromatic heterocycles. The molecule has 45 heavy (non-hydrogen) atoms. The van der Waals surface area contributed by atoms with Gasteiger partial charge in [0.05, 0.1) is 32.4 Å². The number of hydrogen-bond acceptors (Lipinski definition) is 6. The second-order valence-corrected chi connectivity index (χ2v) is 14.0. The van der Waals surface area contributed by atoms with Gasteiger partial charge in [-0.2, -0.15) is 31.3 Å². The lowest BCUT2D eigenvalue weighted by molar-refractivity contribution is -0.140. The second kappa shape index (κ2) is 15.4. The molecule has 0 saturated carbocycles. The van der Waals surface area contributed by atoms with Crippen molar-refractivity contribution in [2.75, 3.05) is 11.5 Å². The van der Waals surface area contributed by atoms with Crippen LogP contribution >= 0.6 is 11.6 Å². The third-order valence-electron chi connectivity index (χ3n) is 6.07. The van der Waals surface area contributed by atoms with Gasteiger partial charge in [-0.25, -0.2) is 16.8 Å². The normalized spacial score (nSPS) is 12.2. The van der Waals surface area contributed by atoms with E-state index in [0.717, 1.165) is 12.1 Å². The number of benzene rings is 2. The molecular formula is C27H32ClF6N3O6S2. The molecule has 9 nitrogen and oxygen atoms in total. The topological polar surface area (TPSA) is 167 Å². The molecular weight excluding hydrogens is 676 g/mol. The van der Waals surface area contributed by atoms with Crippen molar-refractivity contribution in [2.45, 2.75) is 75.5 Å². The summed E-state index contributed by atoms with van der Waals surface area (Å²) in [5.41, 5.74) is 6.99. The number of guanidine groups is 1. The molecule has 0 fully saturated rings. The number of aryl methyl sites for hydroxylation is 2. The Morgan fingerprint density at radius 1 is 0.711 bits per heavy atom. The zero-order valence-electron chi connectivity index (χ0n) is 24.6. The third-order valence-corrected chi connectivity index (χ3v) is 10.2. The van der Waals surface area contributed by atoms with Crippen molar-refractivity contribution >= 4 is 48.4 Å². The Balaban J connectivity index is 0.000000454. The minimum atomic E-state index is -4.95. The molecule has 18 heteroatoms. The van der Waals surface area contributed by atoms with Gasteiger partial charge < -0.3 is 11.5 Å². The fourth-order valence-corrected chi connectivity index (χ4v) is 7.46. The van der Waals surface area contributed by atoms with Gasteiger partial charge in [-0.15, -0.1) is 0 Å². The van der Waals surface area contributed by atoms with E-state index < -0.39 is 81.6 Å². The molecule has 0 aliphatic heterocycles. The lowest BCUT2D eigenvalue weighted by Crippen LogP contribution is -2.25. The van der Waals surface area contributed by atoms with Crippen LogP contribution in [0.5, 0.6) is 0 Å². The highest BCUT2D eigenvalue weighted by atomic mass is 35.5. The summed E-state index contributed by atoms with van der Waals surface area (Å²) in [5.74, 6) is -2.48. The molecule has 0 spiro atoms. The lowest BCUT2D eigenvalue weighted by atomic mass is 10.0. The van der Waals surface area contributed by atoms with Crippen molar-refractivity contribution in [2.24, 2.45) is 16.5 Å². The smallest absolute Gasteiger partial charge is 0.370 e. The van der Waals surface area contributed by atoms with Gasteiger partial charge in [0.1, 0.15) is 0 Å². The van der Waals surface area contributed by atoms with E-state index in [-0.39, 0.29) is 47.9 Å². The molecule has 1 amide bonds. The van der Waals surface area contributed by atoms with E-state index in [4.69, 9.17) is 23.1 Å². The van der Waals surface area contributed by atoms with Crippen LogP contribution in [0, 0.1) is 0 Å². The summed E-state index contributed by atoms with van der Waals surface area (Å²) in [4.78, 5) is 24.8. The highest BCUT2D eigenvalue weighted by Crippen LogP contribution is 2.38. The number of aliphatic imine (C=N–C) groups is 1. The first-order valence-electron chi connectivity index (χ1n) is 13.3. The fraction of sp³-hybridized carbons (Fsp3) is 0.444. The molecule has 0 aliphatic carbocycles. The quantitative estimate of drug-likeness (QED) is 0.137. The van der Waals surface area contributed by atoms with E-state index in [1.807, 2.05) is 0 Å². The second-order valence-electron chi connectivity index (χ2n) is 9.47. The largest absolute Gasteiger partial charge is 0.417 e. The van der Waals surface area contributed by atoms with E-state index in [1.54, 1.807) is 27.7 Å². The highest BCUT2D eigenvalue weighted by molar-refractivity contribution is 7.91. The fourth-order valence-electron chi connectivity index (χ4n) is 4.10. The molecule has 0 heterocycles. The first-order valence-corrected chi connectivity index (χ1v) is 16.9. The van der Waals surface area contributed by atoms with E-state index in [9.17, 15) is 52.8 Å². The van der Waals surface area contributed by atoms with Gasteiger partial charge in [-0.1, -0.05) is 27.7 Å². The molecule has 0 bridgehead atoms. The van der Waals surface area contributed by atoms with E-state index in [2.05, 4.69) is 4.99 Å². The molecule has 0 saturated heterocycles. The Labute approximate surface area is 261 Å². The molecule has 2 aromatic carbocycles. The predicted molar refractivity (Wildman–Crippen MR) is 157 cm³/mol. The van der Waals surface area contributed by atoms with Crippen LogP contribution in [-0.2, 0) is 44.9 Å². The van der Waals surface area contributed by atoms with Crippen LogP contribution in [0.25, 0.3) is 0 Å². The zero-order valence-corrected chi connectivity index (χ0v) is 27.0. The maximum absolute atomic E-state index is 13.3. The van der Waals surface area contributed by atoms with Crippen molar-refractivity contribution in [1.29, 1.82) is 0 Å². The number of carbonyl (C=O) groups is 2. The molecule has 0 atom stereocenters. The van der Waals surface area contributed by atoms with Crippen LogP contribution in [0.1, 0.15) is 83.5 Å². The first-order chi connectivity index (χ1) is 20.5. The van der Waals surface area contributed by atoms with Gasteiger partial charge in [0.15, 0.2) is 25.6 Å². The summed E-state index contributed by atoms with van der Waals surface area (Å²) in [6.07, 6.45) is -9.15. The number of nitrogens with two attached hydrogens (primary N) is 2. The van der Waals surface area contributed by atoms with Crippen LogP contribution < -0.4 is 11.5 Å². The number of carbonyl (C=O) groups excluding carboxylic acids is 2. The molecule has 0 radical (unpaired) electrons. The molecule has 0 unspecified atom stereocenters. The maximum Gasteiger partial charge on any atom is 0.417 e. The Kier molecular flexibility index (Phi) is 13.6. The van der Waals surface area contributed by atoms with Crippen LogP contribution in [0.2, 0.25) is 0 Å². The number of sulfone groups is 2. The summed E-state index contributed by atoms with van der Waals surface area (Å²) < 4.78 is 128.